The van der Waals surface area contributed by atoms with Crippen LogP contribution in [0.5, 0.6) is 0 Å². The molecule has 12 heteroatoms. The van der Waals surface area contributed by atoms with Crippen LogP contribution < -0.4 is 0 Å². The highest BCUT2D eigenvalue weighted by atomic mass is 32.2. The molecule has 0 bridgehead atoms. The maximum Gasteiger partial charge on any atom is 0.416 e. The molecule has 3 saturated carbocycles. The second-order valence-corrected chi connectivity index (χ2v) is 13.2. The van der Waals surface area contributed by atoms with Gasteiger partial charge in [-0.15, -0.1) is 0 Å². The maximum atomic E-state index is 17.5. The molecule has 6 nitrogen and oxygen atoms in total. The molecule has 0 amide bonds. The number of aliphatic hydroxyl groups excluding tert-OH is 1. The van der Waals surface area contributed by atoms with E-state index in [1.165, 1.54) is 31.2 Å². The standard InChI is InChI=1S/C30H28F5NO5S/c1-26-8-7-17(37)11-20(26)21(31)12-19-18-13-23-29(25(39)42-10-9-36,27(18,2)14-22(38)28(19,26)32)41-24(40-23)15-3-5-16(6-4-15)30(33,34)35/h3-8,11,18-19,21-24,38H,10,12-14H2,1-2H3/t18-,19-,21-,22-,23+,24?,26-,27-,28-,29-/m0/s1. The van der Waals surface area contributed by atoms with E-state index in [4.69, 9.17) is 9.47 Å². The van der Waals surface area contributed by atoms with Gasteiger partial charge in [0.25, 0.3) is 0 Å². The first-order valence-corrected chi connectivity index (χ1v) is 14.6. The molecule has 6 rings (SSSR count). The molecule has 0 spiro atoms. The zero-order chi connectivity index (χ0) is 30.5. The minimum absolute atomic E-state index is 0.0279. The lowest BCUT2D eigenvalue weighted by Gasteiger charge is -2.63. The number of hydrogen-bond donors (Lipinski definition) is 1. The summed E-state index contributed by atoms with van der Waals surface area (Å²) in [5, 5.41) is 20.2. The van der Waals surface area contributed by atoms with Crippen molar-refractivity contribution >= 4 is 22.7 Å². The quantitative estimate of drug-likeness (QED) is 0.448. The third-order valence-corrected chi connectivity index (χ3v) is 11.3. The van der Waals surface area contributed by atoms with Crippen LogP contribution in [-0.2, 0) is 25.2 Å². The Morgan fingerprint density at radius 1 is 1.19 bits per heavy atom. The van der Waals surface area contributed by atoms with Gasteiger partial charge in [-0.2, -0.15) is 18.4 Å². The number of rotatable bonds is 3. The van der Waals surface area contributed by atoms with Crippen LogP contribution in [-0.4, -0.2) is 51.4 Å². The summed E-state index contributed by atoms with van der Waals surface area (Å²) in [6, 6.07) is 6.02. The highest BCUT2D eigenvalue weighted by molar-refractivity contribution is 8.14. The van der Waals surface area contributed by atoms with Gasteiger partial charge in [0.1, 0.15) is 6.17 Å². The van der Waals surface area contributed by atoms with Crippen molar-refractivity contribution in [2.24, 2.45) is 22.7 Å². The second kappa shape index (κ2) is 9.45. The molecule has 1 unspecified atom stereocenters. The highest BCUT2D eigenvalue weighted by Crippen LogP contribution is 2.73. The molecule has 1 heterocycles. The Labute approximate surface area is 242 Å². The van der Waals surface area contributed by atoms with E-state index in [1.54, 1.807) is 6.92 Å². The van der Waals surface area contributed by atoms with Gasteiger partial charge in [-0.1, -0.05) is 36.9 Å². The van der Waals surface area contributed by atoms with Crippen LogP contribution in [0.25, 0.3) is 0 Å². The summed E-state index contributed by atoms with van der Waals surface area (Å²) in [6.07, 6.45) is -7.13. The molecule has 0 radical (unpaired) electrons. The van der Waals surface area contributed by atoms with Crippen molar-refractivity contribution in [1.82, 2.24) is 0 Å². The van der Waals surface area contributed by atoms with E-state index in [-0.39, 0.29) is 36.2 Å². The van der Waals surface area contributed by atoms with E-state index in [1.807, 2.05) is 6.07 Å². The molecule has 1 N–H and O–H groups in total. The average Bonchev–Trinajstić information content (AvgIpc) is 3.43. The van der Waals surface area contributed by atoms with Gasteiger partial charge in [-0.3, -0.25) is 9.59 Å². The Hall–Kier alpha value is -2.59. The van der Waals surface area contributed by atoms with Gasteiger partial charge in [0.15, 0.2) is 23.3 Å². The van der Waals surface area contributed by atoms with Crippen LogP contribution in [0.1, 0.15) is 50.5 Å². The molecule has 4 aliphatic carbocycles. The fourth-order valence-electron chi connectivity index (χ4n) is 8.48. The molecule has 1 aromatic rings. The number of carbonyl (C=O) groups excluding carboxylic acids is 2. The minimum atomic E-state index is -4.56. The predicted molar refractivity (Wildman–Crippen MR) is 140 cm³/mol. The van der Waals surface area contributed by atoms with Gasteiger partial charge < -0.3 is 14.6 Å². The van der Waals surface area contributed by atoms with Gasteiger partial charge in [0, 0.05) is 22.3 Å². The van der Waals surface area contributed by atoms with Gasteiger partial charge in [0.2, 0.25) is 5.12 Å². The number of thioether (sulfide) groups is 1. The highest BCUT2D eigenvalue weighted by Gasteiger charge is 2.80. The molecular formula is C30H28F5NO5S. The number of fused-ring (bicyclic) bond motifs is 7. The zero-order valence-corrected chi connectivity index (χ0v) is 23.5. The smallest absolute Gasteiger partial charge is 0.390 e. The van der Waals surface area contributed by atoms with Gasteiger partial charge >= 0.3 is 6.18 Å². The number of alkyl halides is 5. The van der Waals surface area contributed by atoms with Crippen molar-refractivity contribution < 1.29 is 46.1 Å². The van der Waals surface area contributed by atoms with Crippen molar-refractivity contribution in [2.75, 3.05) is 5.75 Å². The fraction of sp³-hybridized carbons (Fsp3) is 0.567. The summed E-state index contributed by atoms with van der Waals surface area (Å²) in [5.41, 5.74) is -7.75. The Bertz CT molecular complexity index is 1440. The van der Waals surface area contributed by atoms with Crippen LogP contribution >= 0.6 is 11.8 Å². The number of nitrogens with zero attached hydrogens (tertiary/aromatic N) is 1. The number of allylic oxidation sites excluding steroid dienone is 4. The van der Waals surface area contributed by atoms with Gasteiger partial charge in [-0.25, -0.2) is 8.78 Å². The summed E-state index contributed by atoms with van der Waals surface area (Å²) in [7, 11) is 0. The Kier molecular flexibility index (Phi) is 6.64. The van der Waals surface area contributed by atoms with Crippen LogP contribution in [0.15, 0.2) is 48.1 Å². The van der Waals surface area contributed by atoms with Crippen LogP contribution in [0.3, 0.4) is 0 Å². The number of aliphatic hydroxyl groups is 1. The number of benzene rings is 1. The van der Waals surface area contributed by atoms with E-state index in [9.17, 15) is 33.1 Å². The Balaban J connectivity index is 1.41. The van der Waals surface area contributed by atoms with E-state index in [0.29, 0.717) is 11.8 Å². The summed E-state index contributed by atoms with van der Waals surface area (Å²) in [5.74, 6) is -2.49. The molecule has 10 atom stereocenters. The van der Waals surface area contributed by atoms with E-state index >= 15 is 8.78 Å². The molecule has 42 heavy (non-hydrogen) atoms. The third kappa shape index (κ3) is 3.72. The monoisotopic (exact) mass is 609 g/mol. The molecule has 224 valence electrons. The number of carbonyl (C=O) groups is 2. The van der Waals surface area contributed by atoms with Gasteiger partial charge in [-0.05, 0) is 62.0 Å². The van der Waals surface area contributed by atoms with Crippen LogP contribution in [0.2, 0.25) is 0 Å². The topological polar surface area (TPSA) is 96.6 Å². The van der Waals surface area contributed by atoms with Crippen molar-refractivity contribution in [3.63, 3.8) is 0 Å². The largest absolute Gasteiger partial charge is 0.416 e. The number of ether oxygens (including phenoxy) is 2. The van der Waals surface area contributed by atoms with E-state index in [2.05, 4.69) is 0 Å². The lowest BCUT2D eigenvalue weighted by Crippen LogP contribution is -2.70. The van der Waals surface area contributed by atoms with Crippen LogP contribution in [0, 0.1) is 34.0 Å². The summed E-state index contributed by atoms with van der Waals surface area (Å²) < 4.78 is 85.2. The molecule has 1 saturated heterocycles. The number of nitriles is 1. The molecule has 4 fully saturated rings. The fourth-order valence-corrected chi connectivity index (χ4v) is 9.30. The first-order chi connectivity index (χ1) is 19.6. The first kappa shape index (κ1) is 29.5. The predicted octanol–water partition coefficient (Wildman–Crippen LogP) is 5.57. The van der Waals surface area contributed by atoms with Crippen molar-refractivity contribution in [1.29, 1.82) is 5.26 Å². The third-order valence-electron chi connectivity index (χ3n) is 10.5. The zero-order valence-electron chi connectivity index (χ0n) is 22.7. The van der Waals surface area contributed by atoms with Crippen LogP contribution in [0.4, 0.5) is 22.0 Å². The molecular weight excluding hydrogens is 581 g/mol. The molecule has 1 aliphatic heterocycles. The van der Waals surface area contributed by atoms with Crippen molar-refractivity contribution in [2.45, 2.75) is 75.2 Å². The molecule has 0 aromatic heterocycles. The Morgan fingerprint density at radius 3 is 2.52 bits per heavy atom. The normalized spacial score (nSPS) is 44.0. The van der Waals surface area contributed by atoms with Crippen molar-refractivity contribution in [3.05, 3.63) is 59.2 Å². The second-order valence-electron chi connectivity index (χ2n) is 12.3. The summed E-state index contributed by atoms with van der Waals surface area (Å²) >= 11 is 0.685. The number of ketones is 1. The average molecular weight is 610 g/mol. The SMILES string of the molecule is C[C@]12C=CC(=O)C=C1[C@@H](F)C[C@H]1[C@@H]3C[C@H]4OC(c5ccc(C(F)(F)F)cc5)O[C@@]4(C(=O)SCC#N)[C@@]3(C)C[C@H](O)[C@@]12F. The lowest BCUT2D eigenvalue weighted by atomic mass is 9.44. The minimum Gasteiger partial charge on any atom is -0.390 e. The molecule has 1 aromatic carbocycles. The molecule has 5 aliphatic rings. The summed E-state index contributed by atoms with van der Waals surface area (Å²) in [4.78, 5) is 26.0. The number of hydrogen-bond acceptors (Lipinski definition) is 7. The van der Waals surface area contributed by atoms with E-state index < -0.39 is 81.2 Å². The lowest BCUT2D eigenvalue weighted by molar-refractivity contribution is -0.232. The van der Waals surface area contributed by atoms with Crippen molar-refractivity contribution in [3.8, 4) is 6.07 Å². The van der Waals surface area contributed by atoms with E-state index in [0.717, 1.165) is 18.2 Å². The Morgan fingerprint density at radius 2 is 1.88 bits per heavy atom. The number of halogens is 5. The van der Waals surface area contributed by atoms with Gasteiger partial charge in [0.05, 0.1) is 29.6 Å². The maximum absolute atomic E-state index is 17.5. The first-order valence-electron chi connectivity index (χ1n) is 13.6. The summed E-state index contributed by atoms with van der Waals surface area (Å²) in [6.45, 7) is 3.14.